The first-order valence-corrected chi connectivity index (χ1v) is 9.73. The lowest BCUT2D eigenvalue weighted by molar-refractivity contribution is 0.103. The van der Waals surface area contributed by atoms with Gasteiger partial charge in [-0.1, -0.05) is 36.5 Å². The van der Waals surface area contributed by atoms with E-state index in [4.69, 9.17) is 9.47 Å². The second-order valence-electron chi connectivity index (χ2n) is 6.09. The van der Waals surface area contributed by atoms with Gasteiger partial charge in [0.25, 0.3) is 5.91 Å². The molecule has 0 unspecified atom stereocenters. The van der Waals surface area contributed by atoms with Crippen LogP contribution in [0.1, 0.15) is 27.9 Å². The molecule has 1 heterocycles. The average Bonchev–Trinajstić information content (AvgIpc) is 3.08. The zero-order valence-electron chi connectivity index (χ0n) is 16.3. The third-order valence-corrected chi connectivity index (χ3v) is 5.36. The van der Waals surface area contributed by atoms with Crippen LogP contribution < -0.4 is 20.1 Å². The molecule has 2 N–H and O–H groups in total. The van der Waals surface area contributed by atoms with Crippen molar-refractivity contribution >= 4 is 33.8 Å². The van der Waals surface area contributed by atoms with Crippen molar-refractivity contribution in [2.24, 2.45) is 0 Å². The fourth-order valence-corrected chi connectivity index (χ4v) is 3.70. The van der Waals surface area contributed by atoms with E-state index in [0.29, 0.717) is 32.9 Å². The van der Waals surface area contributed by atoms with Gasteiger partial charge in [0.2, 0.25) is 0 Å². The summed E-state index contributed by atoms with van der Waals surface area (Å²) >= 11 is 1.33. The van der Waals surface area contributed by atoms with E-state index in [2.05, 4.69) is 28.6 Å². The Labute approximate surface area is 168 Å². The zero-order chi connectivity index (χ0) is 20.1. The van der Waals surface area contributed by atoms with Gasteiger partial charge in [0.05, 0.1) is 19.9 Å². The van der Waals surface area contributed by atoms with Crippen molar-refractivity contribution in [1.29, 1.82) is 0 Å². The molecule has 3 aromatic rings. The standard InChI is InChI=1S/C21H23N3O3S/c1-5-14-8-6-7-9-16(14)24-21-22-13(2)19(28-21)20(25)23-15-10-11-17(26-3)18(12-15)27-4/h6-12H,5H2,1-4H3,(H,22,24)(H,23,25). The minimum Gasteiger partial charge on any atom is -0.493 e. The van der Waals surface area contributed by atoms with E-state index in [1.165, 1.54) is 16.9 Å². The highest BCUT2D eigenvalue weighted by Gasteiger charge is 2.17. The summed E-state index contributed by atoms with van der Waals surface area (Å²) in [6, 6.07) is 13.3. The number of carbonyl (C=O) groups is 1. The zero-order valence-corrected chi connectivity index (χ0v) is 17.1. The maximum atomic E-state index is 12.7. The highest BCUT2D eigenvalue weighted by molar-refractivity contribution is 7.17. The molecule has 0 saturated heterocycles. The number of benzene rings is 2. The summed E-state index contributed by atoms with van der Waals surface area (Å²) in [7, 11) is 3.13. The van der Waals surface area contributed by atoms with Crippen molar-refractivity contribution < 1.29 is 14.3 Å². The van der Waals surface area contributed by atoms with Crippen LogP contribution in [-0.4, -0.2) is 25.1 Å². The predicted molar refractivity (Wildman–Crippen MR) is 113 cm³/mol. The van der Waals surface area contributed by atoms with E-state index < -0.39 is 0 Å². The van der Waals surface area contributed by atoms with E-state index in [-0.39, 0.29) is 5.91 Å². The molecule has 3 rings (SSSR count). The van der Waals surface area contributed by atoms with E-state index in [1.807, 2.05) is 25.1 Å². The topological polar surface area (TPSA) is 72.5 Å². The number of ether oxygens (including phenoxy) is 2. The van der Waals surface area contributed by atoms with Gasteiger partial charge in [0, 0.05) is 17.4 Å². The Hall–Kier alpha value is -3.06. The number of nitrogens with one attached hydrogen (secondary N) is 2. The van der Waals surface area contributed by atoms with Crippen LogP contribution in [0.3, 0.4) is 0 Å². The number of aryl methyl sites for hydroxylation is 2. The molecule has 0 aliphatic heterocycles. The Morgan fingerprint density at radius 1 is 1.11 bits per heavy atom. The SMILES string of the molecule is CCc1ccccc1Nc1nc(C)c(C(=O)Nc2ccc(OC)c(OC)c2)s1. The summed E-state index contributed by atoms with van der Waals surface area (Å²) in [6.45, 7) is 3.94. The molecule has 0 aliphatic rings. The highest BCUT2D eigenvalue weighted by atomic mass is 32.1. The minimum atomic E-state index is -0.209. The van der Waals surface area contributed by atoms with Crippen molar-refractivity contribution in [3.63, 3.8) is 0 Å². The molecule has 1 aromatic heterocycles. The Bertz CT molecular complexity index is 985. The molecule has 146 valence electrons. The van der Waals surface area contributed by atoms with Gasteiger partial charge in [-0.15, -0.1) is 0 Å². The Morgan fingerprint density at radius 3 is 2.57 bits per heavy atom. The minimum absolute atomic E-state index is 0.209. The van der Waals surface area contributed by atoms with Gasteiger partial charge >= 0.3 is 0 Å². The van der Waals surface area contributed by atoms with Gasteiger partial charge in [-0.2, -0.15) is 0 Å². The van der Waals surface area contributed by atoms with Gasteiger partial charge < -0.3 is 20.1 Å². The summed E-state index contributed by atoms with van der Waals surface area (Å²) < 4.78 is 10.5. The van der Waals surface area contributed by atoms with Crippen molar-refractivity contribution in [1.82, 2.24) is 4.98 Å². The number of para-hydroxylation sites is 1. The number of carbonyl (C=O) groups excluding carboxylic acids is 1. The lowest BCUT2D eigenvalue weighted by Crippen LogP contribution is -2.11. The Morgan fingerprint density at radius 2 is 1.86 bits per heavy atom. The number of aromatic nitrogens is 1. The smallest absolute Gasteiger partial charge is 0.267 e. The Balaban J connectivity index is 1.78. The lowest BCUT2D eigenvalue weighted by Gasteiger charge is -2.10. The highest BCUT2D eigenvalue weighted by Crippen LogP contribution is 2.31. The molecule has 1 amide bonds. The number of amides is 1. The van der Waals surface area contributed by atoms with Crippen LogP contribution in [0, 0.1) is 6.92 Å². The molecule has 0 aliphatic carbocycles. The van der Waals surface area contributed by atoms with Crippen LogP contribution in [0.2, 0.25) is 0 Å². The number of methoxy groups -OCH3 is 2. The Kier molecular flexibility index (Phi) is 6.16. The first-order chi connectivity index (χ1) is 13.5. The molecular formula is C21H23N3O3S. The first kappa shape index (κ1) is 19.7. The summed E-state index contributed by atoms with van der Waals surface area (Å²) in [6.07, 6.45) is 0.917. The lowest BCUT2D eigenvalue weighted by atomic mass is 10.1. The largest absolute Gasteiger partial charge is 0.493 e. The van der Waals surface area contributed by atoms with Gasteiger partial charge in [-0.3, -0.25) is 4.79 Å². The van der Waals surface area contributed by atoms with Gasteiger partial charge in [-0.25, -0.2) is 4.98 Å². The van der Waals surface area contributed by atoms with Gasteiger partial charge in [-0.05, 0) is 37.1 Å². The first-order valence-electron chi connectivity index (χ1n) is 8.91. The normalized spacial score (nSPS) is 10.4. The summed E-state index contributed by atoms with van der Waals surface area (Å²) in [5, 5.41) is 6.91. The van der Waals surface area contributed by atoms with Crippen molar-refractivity contribution in [2.75, 3.05) is 24.9 Å². The number of hydrogen-bond donors (Lipinski definition) is 2. The van der Waals surface area contributed by atoms with E-state index in [1.54, 1.807) is 32.4 Å². The summed E-state index contributed by atoms with van der Waals surface area (Å²) in [5.41, 5.74) is 3.51. The molecule has 0 spiro atoms. The van der Waals surface area contributed by atoms with Crippen LogP contribution in [0.5, 0.6) is 11.5 Å². The number of nitrogens with zero attached hydrogens (tertiary/aromatic N) is 1. The molecule has 0 atom stereocenters. The van der Waals surface area contributed by atoms with E-state index in [0.717, 1.165) is 12.1 Å². The molecule has 0 bridgehead atoms. The van der Waals surface area contributed by atoms with Crippen LogP contribution in [-0.2, 0) is 6.42 Å². The second kappa shape index (κ2) is 8.75. The van der Waals surface area contributed by atoms with E-state index >= 15 is 0 Å². The van der Waals surface area contributed by atoms with Crippen molar-refractivity contribution in [3.8, 4) is 11.5 Å². The molecule has 2 aromatic carbocycles. The number of hydrogen-bond acceptors (Lipinski definition) is 6. The third kappa shape index (κ3) is 4.26. The van der Waals surface area contributed by atoms with Gasteiger partial charge in [0.1, 0.15) is 4.88 Å². The second-order valence-corrected chi connectivity index (χ2v) is 7.09. The van der Waals surface area contributed by atoms with Crippen LogP contribution >= 0.6 is 11.3 Å². The summed E-state index contributed by atoms with van der Waals surface area (Å²) in [4.78, 5) is 17.8. The fourth-order valence-electron chi connectivity index (χ4n) is 2.83. The molecule has 0 radical (unpaired) electrons. The fraction of sp³-hybridized carbons (Fsp3) is 0.238. The average molecular weight is 398 g/mol. The molecule has 0 fully saturated rings. The van der Waals surface area contributed by atoms with Crippen molar-refractivity contribution in [3.05, 3.63) is 58.6 Å². The van der Waals surface area contributed by atoms with Gasteiger partial charge in [0.15, 0.2) is 16.6 Å². The maximum absolute atomic E-state index is 12.7. The molecule has 7 heteroatoms. The quantitative estimate of drug-likeness (QED) is 0.585. The van der Waals surface area contributed by atoms with Crippen LogP contribution in [0.4, 0.5) is 16.5 Å². The van der Waals surface area contributed by atoms with Crippen LogP contribution in [0.25, 0.3) is 0 Å². The maximum Gasteiger partial charge on any atom is 0.267 e. The molecule has 28 heavy (non-hydrogen) atoms. The monoisotopic (exact) mass is 397 g/mol. The number of rotatable bonds is 7. The van der Waals surface area contributed by atoms with Crippen molar-refractivity contribution in [2.45, 2.75) is 20.3 Å². The summed E-state index contributed by atoms with van der Waals surface area (Å²) in [5.74, 6) is 0.953. The number of thiazole rings is 1. The van der Waals surface area contributed by atoms with Crippen LogP contribution in [0.15, 0.2) is 42.5 Å². The third-order valence-electron chi connectivity index (χ3n) is 4.28. The molecule has 6 nitrogen and oxygen atoms in total. The van der Waals surface area contributed by atoms with E-state index in [9.17, 15) is 4.79 Å². The predicted octanol–water partition coefficient (Wildman–Crippen LogP) is 5.03. The molecule has 0 saturated carbocycles. The number of anilines is 3. The molecular weight excluding hydrogens is 374 g/mol.